The molecule has 0 spiro atoms. The third kappa shape index (κ3) is 5.01. The van der Waals surface area contributed by atoms with Gasteiger partial charge in [0.25, 0.3) is 11.7 Å². The van der Waals surface area contributed by atoms with Gasteiger partial charge in [-0.25, -0.2) is 0 Å². The Kier molecular flexibility index (Phi) is 7.40. The van der Waals surface area contributed by atoms with Crippen LogP contribution < -0.4 is 9.47 Å². The molecule has 1 saturated heterocycles. The maximum atomic E-state index is 13.0. The summed E-state index contributed by atoms with van der Waals surface area (Å²) in [5, 5.41) is 21.1. The van der Waals surface area contributed by atoms with Gasteiger partial charge in [-0.3, -0.25) is 9.59 Å². The summed E-state index contributed by atoms with van der Waals surface area (Å²) >= 11 is 0. The maximum Gasteiger partial charge on any atom is 0.295 e. The Morgan fingerprint density at radius 2 is 1.88 bits per heavy atom. The van der Waals surface area contributed by atoms with Crippen molar-refractivity contribution in [3.05, 3.63) is 71.8 Å². The number of carbonyl (C=O) groups is 2. The monoisotopic (exact) mass is 452 g/mol. The molecule has 0 aliphatic carbocycles. The zero-order chi connectivity index (χ0) is 24.1. The second-order valence-electron chi connectivity index (χ2n) is 7.85. The summed E-state index contributed by atoms with van der Waals surface area (Å²) in [6.45, 7) is 4.74. The maximum absolute atomic E-state index is 13.0. The Hall–Kier alpha value is -3.78. The van der Waals surface area contributed by atoms with E-state index >= 15 is 0 Å². The Morgan fingerprint density at radius 3 is 2.48 bits per heavy atom. The van der Waals surface area contributed by atoms with Crippen LogP contribution in [0.25, 0.3) is 5.76 Å². The number of amides is 1. The minimum atomic E-state index is -0.837. The summed E-state index contributed by atoms with van der Waals surface area (Å²) in [4.78, 5) is 29.3. The number of nitrogens with zero attached hydrogens (tertiary/aromatic N) is 2. The van der Waals surface area contributed by atoms with E-state index in [1.54, 1.807) is 42.5 Å². The summed E-state index contributed by atoms with van der Waals surface area (Å²) in [5.41, 5.74) is 0.892. The van der Waals surface area contributed by atoms with Gasteiger partial charge in [0.05, 0.1) is 18.7 Å². The summed E-state index contributed by atoms with van der Waals surface area (Å²) in [5.74, 6) is -1.03. The molecule has 1 atom stereocenters. The molecule has 1 aliphatic rings. The fourth-order valence-corrected chi connectivity index (χ4v) is 3.65. The van der Waals surface area contributed by atoms with Gasteiger partial charge in [0.15, 0.2) is 11.5 Å². The van der Waals surface area contributed by atoms with E-state index in [2.05, 4.69) is 6.58 Å². The van der Waals surface area contributed by atoms with Crippen molar-refractivity contribution in [1.82, 2.24) is 9.80 Å². The number of aliphatic hydroxyl groups is 1. The molecule has 8 heteroatoms. The Bertz CT molecular complexity index is 1070. The highest BCUT2D eigenvalue weighted by atomic mass is 16.5. The van der Waals surface area contributed by atoms with Gasteiger partial charge in [-0.1, -0.05) is 18.7 Å². The first-order valence-electron chi connectivity index (χ1n) is 10.4. The number of phenols is 1. The zero-order valence-corrected chi connectivity index (χ0v) is 18.9. The minimum Gasteiger partial charge on any atom is -0.507 e. The molecule has 33 heavy (non-hydrogen) atoms. The molecule has 8 nitrogen and oxygen atoms in total. The van der Waals surface area contributed by atoms with Crippen molar-refractivity contribution in [3.63, 3.8) is 0 Å². The Morgan fingerprint density at radius 1 is 1.18 bits per heavy atom. The highest BCUT2D eigenvalue weighted by molar-refractivity contribution is 6.46. The van der Waals surface area contributed by atoms with Gasteiger partial charge in [-0.05, 0) is 56.1 Å². The lowest BCUT2D eigenvalue weighted by molar-refractivity contribution is -0.140. The number of ketones is 1. The van der Waals surface area contributed by atoms with E-state index in [9.17, 15) is 19.8 Å². The average Bonchev–Trinajstić information content (AvgIpc) is 3.06. The van der Waals surface area contributed by atoms with Gasteiger partial charge in [0.1, 0.15) is 18.1 Å². The first kappa shape index (κ1) is 23.9. The van der Waals surface area contributed by atoms with Crippen LogP contribution in [0.2, 0.25) is 0 Å². The average molecular weight is 453 g/mol. The lowest BCUT2D eigenvalue weighted by atomic mass is 9.95. The van der Waals surface area contributed by atoms with Crippen LogP contribution in [-0.2, 0) is 9.59 Å². The quantitative estimate of drug-likeness (QED) is 0.261. The minimum absolute atomic E-state index is 0.0220. The first-order valence-corrected chi connectivity index (χ1v) is 10.4. The second-order valence-corrected chi connectivity index (χ2v) is 7.85. The molecule has 1 heterocycles. The third-order valence-electron chi connectivity index (χ3n) is 5.34. The molecule has 1 aliphatic heterocycles. The number of rotatable bonds is 9. The molecule has 2 aromatic rings. The number of carbonyl (C=O) groups excluding carboxylic acids is 2. The second kappa shape index (κ2) is 10.2. The van der Waals surface area contributed by atoms with Crippen molar-refractivity contribution in [2.24, 2.45) is 0 Å². The molecule has 0 radical (unpaired) electrons. The molecule has 0 unspecified atom stereocenters. The zero-order valence-electron chi connectivity index (χ0n) is 18.9. The van der Waals surface area contributed by atoms with E-state index in [-0.39, 0.29) is 29.4 Å². The third-order valence-corrected chi connectivity index (χ3v) is 5.34. The Balaban J connectivity index is 2.10. The van der Waals surface area contributed by atoms with Crippen molar-refractivity contribution in [3.8, 4) is 17.2 Å². The van der Waals surface area contributed by atoms with E-state index in [0.717, 1.165) is 0 Å². The molecule has 2 aromatic carbocycles. The van der Waals surface area contributed by atoms with Crippen LogP contribution in [0.15, 0.2) is 60.7 Å². The molecule has 0 saturated carbocycles. The number of methoxy groups -OCH3 is 1. The van der Waals surface area contributed by atoms with Crippen LogP contribution in [0.1, 0.15) is 17.2 Å². The number of benzene rings is 2. The summed E-state index contributed by atoms with van der Waals surface area (Å²) in [6, 6.07) is 10.3. The number of hydrogen-bond acceptors (Lipinski definition) is 7. The van der Waals surface area contributed by atoms with Gasteiger partial charge in [-0.2, -0.15) is 0 Å². The number of hydrogen-bond donors (Lipinski definition) is 2. The van der Waals surface area contributed by atoms with Crippen molar-refractivity contribution in [1.29, 1.82) is 0 Å². The molecule has 174 valence electrons. The van der Waals surface area contributed by atoms with Crippen molar-refractivity contribution < 1.29 is 29.3 Å². The predicted molar refractivity (Wildman–Crippen MR) is 124 cm³/mol. The first-order chi connectivity index (χ1) is 15.8. The van der Waals surface area contributed by atoms with Gasteiger partial charge < -0.3 is 29.5 Å². The summed E-state index contributed by atoms with van der Waals surface area (Å²) in [6.07, 6.45) is 1.62. The lowest BCUT2D eigenvalue weighted by Crippen LogP contribution is -2.35. The molecule has 0 bridgehead atoms. The van der Waals surface area contributed by atoms with Gasteiger partial charge in [0.2, 0.25) is 0 Å². The van der Waals surface area contributed by atoms with Gasteiger partial charge in [-0.15, -0.1) is 0 Å². The van der Waals surface area contributed by atoms with Gasteiger partial charge >= 0.3 is 0 Å². The number of Topliss-reactive ketones (excluding diaryl/α,β-unsaturated/α-hetero) is 1. The normalized spacial score (nSPS) is 17.5. The predicted octanol–water partition coefficient (Wildman–Crippen LogP) is 2.95. The van der Waals surface area contributed by atoms with E-state index in [0.29, 0.717) is 30.0 Å². The fraction of sp³-hybridized carbons (Fsp3) is 0.280. The number of likely N-dealkylation sites (tertiary alicyclic amines) is 1. The molecule has 1 amide bonds. The number of aliphatic hydroxyl groups excluding tert-OH is 1. The van der Waals surface area contributed by atoms with Crippen molar-refractivity contribution in [2.75, 3.05) is 40.9 Å². The van der Waals surface area contributed by atoms with Crippen LogP contribution in [0.5, 0.6) is 17.2 Å². The number of ether oxygens (including phenoxy) is 2. The smallest absolute Gasteiger partial charge is 0.295 e. The number of aromatic hydroxyl groups is 1. The highest BCUT2D eigenvalue weighted by Gasteiger charge is 2.46. The highest BCUT2D eigenvalue weighted by Crippen LogP contribution is 2.41. The molecule has 3 rings (SSSR count). The van der Waals surface area contributed by atoms with E-state index in [1.165, 1.54) is 18.1 Å². The van der Waals surface area contributed by atoms with E-state index < -0.39 is 17.7 Å². The summed E-state index contributed by atoms with van der Waals surface area (Å²) < 4.78 is 10.7. The van der Waals surface area contributed by atoms with Crippen molar-refractivity contribution in [2.45, 2.75) is 6.04 Å². The Labute approximate surface area is 193 Å². The largest absolute Gasteiger partial charge is 0.507 e. The molecule has 0 aromatic heterocycles. The fourth-order valence-electron chi connectivity index (χ4n) is 3.65. The molecular formula is C25H28N2O6. The van der Waals surface area contributed by atoms with E-state index in [4.69, 9.17) is 9.47 Å². The van der Waals surface area contributed by atoms with Crippen LogP contribution in [0.3, 0.4) is 0 Å². The number of phenolic OH excluding ortho intramolecular Hbond substituents is 1. The molecular weight excluding hydrogens is 424 g/mol. The SMILES string of the molecule is C=CCOc1ccc(C(O)=C2C(=O)C(=O)N(CCN(C)C)[C@H]2c2ccc(O)c(OC)c2)cc1. The number of likely N-dealkylation sites (N-methyl/N-ethyl adjacent to an activating group) is 1. The standard InChI is InChI=1S/C25H28N2O6/c1-5-14-33-18-9-6-16(7-10-18)23(29)21-22(17-8-11-19(28)20(15-17)32-4)27(13-12-26(2)3)25(31)24(21)30/h5-11,15,22,28-29H,1,12-14H2,2-4H3/t22-/m0/s1. The topological polar surface area (TPSA) is 99.5 Å². The van der Waals surface area contributed by atoms with Crippen LogP contribution >= 0.6 is 0 Å². The van der Waals surface area contributed by atoms with Crippen LogP contribution in [0, 0.1) is 0 Å². The molecule has 2 N–H and O–H groups in total. The van der Waals surface area contributed by atoms with E-state index in [1.807, 2.05) is 19.0 Å². The summed E-state index contributed by atoms with van der Waals surface area (Å²) in [7, 11) is 5.15. The van der Waals surface area contributed by atoms with Crippen LogP contribution in [0.4, 0.5) is 0 Å². The van der Waals surface area contributed by atoms with Gasteiger partial charge in [0, 0.05) is 18.7 Å². The molecule has 1 fully saturated rings. The lowest BCUT2D eigenvalue weighted by Gasteiger charge is -2.27. The van der Waals surface area contributed by atoms with Crippen molar-refractivity contribution >= 4 is 17.4 Å². The van der Waals surface area contributed by atoms with Crippen LogP contribution in [-0.4, -0.2) is 72.6 Å².